The van der Waals surface area contributed by atoms with Crippen LogP contribution in [0.1, 0.15) is 17.4 Å². The van der Waals surface area contributed by atoms with Gasteiger partial charge in [-0.2, -0.15) is 0 Å². The van der Waals surface area contributed by atoms with Crippen LogP contribution in [0.3, 0.4) is 0 Å². The number of thiazole rings is 1. The Morgan fingerprint density at radius 2 is 2.37 bits per heavy atom. The Balaban J connectivity index is 2.38. The first-order valence-electron chi connectivity index (χ1n) is 5.30. The third-order valence-electron chi connectivity index (χ3n) is 2.13. The summed E-state index contributed by atoms with van der Waals surface area (Å²) >= 11 is 1.39. The lowest BCUT2D eigenvalue weighted by atomic mass is 10.2. The van der Waals surface area contributed by atoms with Crippen LogP contribution in [-0.2, 0) is 0 Å². The maximum atomic E-state index is 11.3. The second-order valence-corrected chi connectivity index (χ2v) is 4.08. The molecular formula is C12H10N4O2S. The molecule has 0 saturated carbocycles. The van der Waals surface area contributed by atoms with Crippen LogP contribution in [0.5, 0.6) is 5.88 Å². The van der Waals surface area contributed by atoms with Gasteiger partial charge in [0, 0.05) is 5.38 Å². The number of amides is 1. The van der Waals surface area contributed by atoms with Crippen LogP contribution in [-0.4, -0.2) is 27.5 Å². The van der Waals surface area contributed by atoms with Gasteiger partial charge in [0.2, 0.25) is 5.88 Å². The second kappa shape index (κ2) is 5.93. The largest absolute Gasteiger partial charge is 0.463 e. The zero-order valence-corrected chi connectivity index (χ0v) is 10.9. The lowest BCUT2D eigenvalue weighted by Gasteiger charge is -2.05. The highest BCUT2D eigenvalue weighted by molar-refractivity contribution is 7.07. The summed E-state index contributed by atoms with van der Waals surface area (Å²) < 4.78 is 5.30. The summed E-state index contributed by atoms with van der Waals surface area (Å²) in [6, 6.07) is 0. The van der Waals surface area contributed by atoms with Gasteiger partial charge in [0.1, 0.15) is 11.4 Å². The number of carbonyl (C=O) groups is 1. The molecule has 6 nitrogen and oxygen atoms in total. The molecule has 0 bridgehead atoms. The Bertz CT molecular complexity index is 643. The van der Waals surface area contributed by atoms with Crippen molar-refractivity contribution < 1.29 is 9.53 Å². The quantitative estimate of drug-likeness (QED) is 0.843. The average Bonchev–Trinajstić information content (AvgIpc) is 2.92. The fraction of sp³-hybridized carbons (Fsp3) is 0.167. The molecule has 2 heterocycles. The number of ether oxygens (including phenoxy) is 1. The molecule has 7 heteroatoms. The highest BCUT2D eigenvalue weighted by Gasteiger charge is 2.16. The fourth-order valence-corrected chi connectivity index (χ4v) is 1.85. The van der Waals surface area contributed by atoms with E-state index in [0.29, 0.717) is 11.4 Å². The smallest absolute Gasteiger partial charge is 0.269 e. The number of nitrogens with two attached hydrogens (primary N) is 1. The third kappa shape index (κ3) is 3.05. The van der Waals surface area contributed by atoms with E-state index in [1.807, 2.05) is 0 Å². The molecule has 0 aliphatic carbocycles. The van der Waals surface area contributed by atoms with Crippen molar-refractivity contribution in [3.05, 3.63) is 22.8 Å². The summed E-state index contributed by atoms with van der Waals surface area (Å²) in [5.74, 6) is 5.06. The minimum Gasteiger partial charge on any atom is -0.463 e. The Kier molecular flexibility index (Phi) is 4.05. The summed E-state index contributed by atoms with van der Waals surface area (Å²) in [7, 11) is 0. The van der Waals surface area contributed by atoms with Gasteiger partial charge in [0.25, 0.3) is 5.91 Å². The number of carbonyl (C=O) groups excluding carboxylic acids is 1. The predicted octanol–water partition coefficient (Wildman–Crippen LogP) is 1.10. The molecule has 0 radical (unpaired) electrons. The predicted molar refractivity (Wildman–Crippen MR) is 70.6 cm³/mol. The molecular weight excluding hydrogens is 264 g/mol. The Morgan fingerprint density at radius 1 is 1.53 bits per heavy atom. The van der Waals surface area contributed by atoms with Gasteiger partial charge in [-0.25, -0.2) is 15.0 Å². The highest BCUT2D eigenvalue weighted by atomic mass is 32.1. The summed E-state index contributed by atoms with van der Waals surface area (Å²) in [6.07, 6.45) is 1.34. The molecule has 0 aliphatic heterocycles. The lowest BCUT2D eigenvalue weighted by Crippen LogP contribution is -2.16. The van der Waals surface area contributed by atoms with Crippen molar-refractivity contribution in [2.24, 2.45) is 5.73 Å². The lowest BCUT2D eigenvalue weighted by molar-refractivity contribution is 0.0996. The van der Waals surface area contributed by atoms with Crippen LogP contribution in [0, 0.1) is 11.8 Å². The van der Waals surface area contributed by atoms with E-state index in [4.69, 9.17) is 10.5 Å². The normalized spacial score (nSPS) is 9.53. The van der Waals surface area contributed by atoms with E-state index in [1.54, 1.807) is 17.8 Å². The molecule has 2 N–H and O–H groups in total. The number of rotatable bonds is 4. The van der Waals surface area contributed by atoms with Gasteiger partial charge in [-0.1, -0.05) is 5.92 Å². The maximum absolute atomic E-state index is 11.3. The zero-order chi connectivity index (χ0) is 13.7. The number of aromatic nitrogens is 3. The van der Waals surface area contributed by atoms with Crippen molar-refractivity contribution in [2.45, 2.75) is 6.92 Å². The molecule has 2 aromatic rings. The SMILES string of the molecule is CC#CCOc1cnc(C(N)=O)c(-c2cscn2)n1. The first-order chi connectivity index (χ1) is 9.22. The summed E-state index contributed by atoms with van der Waals surface area (Å²) in [5, 5.41) is 1.76. The van der Waals surface area contributed by atoms with E-state index in [-0.39, 0.29) is 18.2 Å². The van der Waals surface area contributed by atoms with Crippen molar-refractivity contribution in [3.63, 3.8) is 0 Å². The minimum atomic E-state index is -0.657. The van der Waals surface area contributed by atoms with Gasteiger partial charge < -0.3 is 10.5 Å². The Labute approximate surface area is 113 Å². The van der Waals surface area contributed by atoms with Crippen LogP contribution in [0.25, 0.3) is 11.4 Å². The standard InChI is InChI=1S/C12H10N4O2S/c1-2-3-4-18-9-5-14-11(12(13)17)10(16-9)8-6-19-7-15-8/h5-7H,4H2,1H3,(H2,13,17). The first kappa shape index (κ1) is 13.0. The van der Waals surface area contributed by atoms with Gasteiger partial charge in [0.15, 0.2) is 12.3 Å². The summed E-state index contributed by atoms with van der Waals surface area (Å²) in [4.78, 5) is 23.6. The molecule has 96 valence electrons. The van der Waals surface area contributed by atoms with Gasteiger partial charge in [-0.3, -0.25) is 4.79 Å². The maximum Gasteiger partial charge on any atom is 0.269 e. The van der Waals surface area contributed by atoms with Gasteiger partial charge in [-0.05, 0) is 6.92 Å². The summed E-state index contributed by atoms with van der Waals surface area (Å²) in [5.41, 5.74) is 7.83. The second-order valence-electron chi connectivity index (χ2n) is 3.36. The van der Waals surface area contributed by atoms with Gasteiger partial charge in [0.05, 0.1) is 11.7 Å². The topological polar surface area (TPSA) is 91.0 Å². The van der Waals surface area contributed by atoms with E-state index >= 15 is 0 Å². The van der Waals surface area contributed by atoms with Crippen LogP contribution < -0.4 is 10.5 Å². The Morgan fingerprint density at radius 3 is 3.00 bits per heavy atom. The van der Waals surface area contributed by atoms with Crippen molar-refractivity contribution in [1.82, 2.24) is 15.0 Å². The van der Waals surface area contributed by atoms with Crippen LogP contribution in [0.4, 0.5) is 0 Å². The molecule has 19 heavy (non-hydrogen) atoms. The molecule has 0 aliphatic rings. The van der Waals surface area contributed by atoms with Gasteiger partial charge in [-0.15, -0.1) is 17.3 Å². The number of primary amides is 1. The molecule has 0 unspecified atom stereocenters. The fourth-order valence-electron chi connectivity index (χ4n) is 1.31. The van der Waals surface area contributed by atoms with E-state index in [9.17, 15) is 4.79 Å². The number of hydrogen-bond donors (Lipinski definition) is 1. The number of nitrogens with zero attached hydrogens (tertiary/aromatic N) is 3. The molecule has 1 amide bonds. The van der Waals surface area contributed by atoms with E-state index in [1.165, 1.54) is 17.5 Å². The van der Waals surface area contributed by atoms with Crippen molar-refractivity contribution in [3.8, 4) is 29.1 Å². The zero-order valence-electron chi connectivity index (χ0n) is 10.1. The van der Waals surface area contributed by atoms with Crippen molar-refractivity contribution in [1.29, 1.82) is 0 Å². The van der Waals surface area contributed by atoms with Crippen molar-refractivity contribution in [2.75, 3.05) is 6.61 Å². The van der Waals surface area contributed by atoms with E-state index in [2.05, 4.69) is 26.8 Å². The average molecular weight is 274 g/mol. The van der Waals surface area contributed by atoms with E-state index < -0.39 is 5.91 Å². The monoisotopic (exact) mass is 274 g/mol. The van der Waals surface area contributed by atoms with Gasteiger partial charge >= 0.3 is 0 Å². The van der Waals surface area contributed by atoms with Crippen molar-refractivity contribution >= 4 is 17.2 Å². The molecule has 2 aromatic heterocycles. The summed E-state index contributed by atoms with van der Waals surface area (Å²) in [6.45, 7) is 1.92. The molecule has 0 atom stereocenters. The number of hydrogen-bond acceptors (Lipinski definition) is 6. The first-order valence-corrected chi connectivity index (χ1v) is 6.24. The molecule has 0 fully saturated rings. The van der Waals surface area contributed by atoms with Crippen LogP contribution >= 0.6 is 11.3 Å². The Hall–Kier alpha value is -2.46. The molecule has 0 aromatic carbocycles. The van der Waals surface area contributed by atoms with Crippen LogP contribution in [0.2, 0.25) is 0 Å². The highest BCUT2D eigenvalue weighted by Crippen LogP contribution is 2.22. The molecule has 2 rings (SSSR count). The van der Waals surface area contributed by atoms with Crippen LogP contribution in [0.15, 0.2) is 17.1 Å². The van der Waals surface area contributed by atoms with E-state index in [0.717, 1.165) is 0 Å². The minimum absolute atomic E-state index is 0.0693. The third-order valence-corrected chi connectivity index (χ3v) is 2.71. The molecule has 0 spiro atoms. The molecule has 0 saturated heterocycles.